The van der Waals surface area contributed by atoms with Gasteiger partial charge in [-0.15, -0.1) is 11.3 Å². The molecule has 1 aromatic heterocycles. The van der Waals surface area contributed by atoms with Gasteiger partial charge in [0.05, 0.1) is 11.1 Å². The van der Waals surface area contributed by atoms with Crippen LogP contribution in [0.3, 0.4) is 0 Å². The van der Waals surface area contributed by atoms with Crippen LogP contribution >= 0.6 is 11.3 Å². The van der Waals surface area contributed by atoms with Crippen LogP contribution in [0.5, 0.6) is 0 Å². The van der Waals surface area contributed by atoms with Gasteiger partial charge in [0, 0.05) is 25.9 Å². The van der Waals surface area contributed by atoms with E-state index in [-0.39, 0.29) is 18.7 Å². The normalized spacial score (nSPS) is 21.6. The van der Waals surface area contributed by atoms with Crippen LogP contribution in [0.25, 0.3) is 0 Å². The van der Waals surface area contributed by atoms with Gasteiger partial charge >= 0.3 is 0 Å². The third kappa shape index (κ3) is 1.94. The van der Waals surface area contributed by atoms with E-state index in [2.05, 4.69) is 5.32 Å². The van der Waals surface area contributed by atoms with E-state index in [4.69, 9.17) is 0 Å². The molecule has 3 heterocycles. The summed E-state index contributed by atoms with van der Waals surface area (Å²) in [4.78, 5) is 50.8. The van der Waals surface area contributed by atoms with Crippen LogP contribution in [0.4, 0.5) is 5.00 Å². The predicted molar refractivity (Wildman–Crippen MR) is 75.3 cm³/mol. The Morgan fingerprint density at radius 3 is 2.57 bits per heavy atom. The van der Waals surface area contributed by atoms with Gasteiger partial charge in [-0.2, -0.15) is 0 Å². The van der Waals surface area contributed by atoms with E-state index in [1.807, 2.05) is 0 Å². The van der Waals surface area contributed by atoms with Crippen molar-refractivity contribution in [1.29, 1.82) is 0 Å². The molecule has 1 unspecified atom stereocenters. The topological polar surface area (TPSA) is 86.8 Å². The lowest BCUT2D eigenvalue weighted by Gasteiger charge is -2.28. The third-order valence-corrected chi connectivity index (χ3v) is 4.73. The van der Waals surface area contributed by atoms with Gasteiger partial charge in [0.25, 0.3) is 11.8 Å². The summed E-state index contributed by atoms with van der Waals surface area (Å²) < 4.78 is 0. The Bertz CT molecular complexity index is 679. The van der Waals surface area contributed by atoms with Crippen molar-refractivity contribution in [3.63, 3.8) is 0 Å². The molecular weight excluding hydrogens is 294 g/mol. The molecule has 1 fully saturated rings. The predicted octanol–water partition coefficient (Wildman–Crippen LogP) is 0.215. The van der Waals surface area contributed by atoms with Crippen molar-refractivity contribution in [2.45, 2.75) is 18.9 Å². The Labute approximate surface area is 124 Å². The van der Waals surface area contributed by atoms with Gasteiger partial charge in [0.1, 0.15) is 11.0 Å². The fourth-order valence-corrected chi connectivity index (χ4v) is 3.57. The molecule has 2 aliphatic rings. The number of imide groups is 2. The first-order valence-corrected chi connectivity index (χ1v) is 7.30. The largest absolute Gasteiger partial charge is 0.369 e. The summed E-state index contributed by atoms with van der Waals surface area (Å²) in [6.45, 7) is 0. The van der Waals surface area contributed by atoms with Gasteiger partial charge in [-0.25, -0.2) is 0 Å². The summed E-state index contributed by atoms with van der Waals surface area (Å²) in [6, 6.07) is -0.907. The average Bonchev–Trinajstić information content (AvgIpc) is 2.93. The second kappa shape index (κ2) is 4.66. The van der Waals surface area contributed by atoms with Gasteiger partial charge in [0.15, 0.2) is 0 Å². The van der Waals surface area contributed by atoms with Crippen molar-refractivity contribution in [2.24, 2.45) is 0 Å². The lowest BCUT2D eigenvalue weighted by molar-refractivity contribution is -0.136. The minimum atomic E-state index is -0.907. The first-order chi connectivity index (χ1) is 9.91. The second-order valence-electron chi connectivity index (χ2n) is 5.17. The smallest absolute Gasteiger partial charge is 0.265 e. The Morgan fingerprint density at radius 1 is 1.24 bits per heavy atom. The summed E-state index contributed by atoms with van der Waals surface area (Å²) in [6.07, 6.45) is 0.300. The zero-order valence-corrected chi connectivity index (χ0v) is 12.3. The molecule has 2 aliphatic heterocycles. The first kappa shape index (κ1) is 13.7. The number of thiophene rings is 1. The molecule has 0 spiro atoms. The van der Waals surface area contributed by atoms with E-state index in [1.54, 1.807) is 24.4 Å². The van der Waals surface area contributed by atoms with Crippen LogP contribution in [-0.4, -0.2) is 48.7 Å². The van der Waals surface area contributed by atoms with E-state index in [0.29, 0.717) is 16.1 Å². The van der Waals surface area contributed by atoms with Gasteiger partial charge in [-0.1, -0.05) is 0 Å². The molecule has 110 valence electrons. The monoisotopic (exact) mass is 307 g/mol. The minimum Gasteiger partial charge on any atom is -0.369 e. The molecule has 1 aromatic rings. The van der Waals surface area contributed by atoms with Crippen molar-refractivity contribution < 1.29 is 19.2 Å². The summed E-state index contributed by atoms with van der Waals surface area (Å²) in [5.41, 5.74) is 0.679. The zero-order chi connectivity index (χ0) is 15.3. The minimum absolute atomic E-state index is 0.126. The Kier molecular flexibility index (Phi) is 3.05. The van der Waals surface area contributed by atoms with Crippen molar-refractivity contribution in [3.8, 4) is 0 Å². The maximum atomic E-state index is 12.5. The number of nitrogens with one attached hydrogen (secondary N) is 1. The standard InChI is InChI=1S/C13H13N3O4S/c1-15(2)13-9-6(5-21-13)11(19)16(12(9)20)7-3-4-8(17)14-10(7)18/h5,7H,3-4H2,1-2H3,(H,14,17,18). The van der Waals surface area contributed by atoms with E-state index in [9.17, 15) is 19.2 Å². The van der Waals surface area contributed by atoms with Crippen LogP contribution in [0.15, 0.2) is 5.38 Å². The number of hydrogen-bond acceptors (Lipinski definition) is 6. The lowest BCUT2D eigenvalue weighted by Crippen LogP contribution is -2.54. The zero-order valence-electron chi connectivity index (χ0n) is 11.5. The maximum absolute atomic E-state index is 12.5. The molecule has 0 saturated carbocycles. The Morgan fingerprint density at radius 2 is 1.95 bits per heavy atom. The first-order valence-electron chi connectivity index (χ1n) is 6.42. The molecule has 3 rings (SSSR count). The second-order valence-corrected chi connectivity index (χ2v) is 6.03. The molecule has 21 heavy (non-hydrogen) atoms. The Hall–Kier alpha value is -2.22. The summed E-state index contributed by atoms with van der Waals surface area (Å²) >= 11 is 1.32. The molecule has 0 aromatic carbocycles. The maximum Gasteiger partial charge on any atom is 0.265 e. The van der Waals surface area contributed by atoms with Crippen molar-refractivity contribution in [1.82, 2.24) is 10.2 Å². The lowest BCUT2D eigenvalue weighted by atomic mass is 10.0. The third-order valence-electron chi connectivity index (χ3n) is 3.58. The van der Waals surface area contributed by atoms with Crippen LogP contribution in [0.2, 0.25) is 0 Å². The van der Waals surface area contributed by atoms with Crippen molar-refractivity contribution >= 4 is 40.0 Å². The summed E-state index contributed by atoms with van der Waals surface area (Å²) in [5, 5.41) is 4.50. The highest BCUT2D eigenvalue weighted by Crippen LogP contribution is 2.38. The number of carbonyl (C=O) groups is 4. The Balaban J connectivity index is 1.97. The van der Waals surface area contributed by atoms with Gasteiger partial charge in [-0.3, -0.25) is 29.4 Å². The van der Waals surface area contributed by atoms with Crippen molar-refractivity contribution in [3.05, 3.63) is 16.5 Å². The van der Waals surface area contributed by atoms with E-state index in [0.717, 1.165) is 4.90 Å². The fourth-order valence-electron chi connectivity index (χ4n) is 2.59. The van der Waals surface area contributed by atoms with Gasteiger partial charge in [0.2, 0.25) is 11.8 Å². The quantitative estimate of drug-likeness (QED) is 0.790. The number of anilines is 1. The van der Waals surface area contributed by atoms with Crippen LogP contribution in [-0.2, 0) is 9.59 Å². The summed E-state index contributed by atoms with van der Waals surface area (Å²) in [5.74, 6) is -1.89. The highest BCUT2D eigenvalue weighted by atomic mass is 32.1. The molecule has 1 atom stereocenters. The molecule has 1 N–H and O–H groups in total. The van der Waals surface area contributed by atoms with E-state index >= 15 is 0 Å². The van der Waals surface area contributed by atoms with E-state index in [1.165, 1.54) is 11.3 Å². The van der Waals surface area contributed by atoms with E-state index < -0.39 is 23.8 Å². The SMILES string of the molecule is CN(C)c1scc2c1C(=O)N(C1CCC(=O)NC1=O)C2=O. The molecule has 0 aliphatic carbocycles. The number of piperidine rings is 1. The molecule has 1 saturated heterocycles. The van der Waals surface area contributed by atoms with Crippen LogP contribution in [0, 0.1) is 0 Å². The number of rotatable bonds is 2. The fraction of sp³-hybridized carbons (Fsp3) is 0.385. The molecular formula is C13H13N3O4S. The molecule has 0 radical (unpaired) electrons. The van der Waals surface area contributed by atoms with Crippen molar-refractivity contribution in [2.75, 3.05) is 19.0 Å². The number of carbonyl (C=O) groups excluding carboxylic acids is 4. The van der Waals surface area contributed by atoms with Gasteiger partial charge < -0.3 is 4.90 Å². The average molecular weight is 307 g/mol. The molecule has 8 heteroatoms. The number of hydrogen-bond donors (Lipinski definition) is 1. The molecule has 4 amide bonds. The summed E-state index contributed by atoms with van der Waals surface area (Å²) in [7, 11) is 3.58. The number of amides is 4. The van der Waals surface area contributed by atoms with Crippen LogP contribution in [0.1, 0.15) is 33.6 Å². The van der Waals surface area contributed by atoms with Gasteiger partial charge in [-0.05, 0) is 6.42 Å². The van der Waals surface area contributed by atoms with Crippen LogP contribution < -0.4 is 10.2 Å². The molecule has 7 nitrogen and oxygen atoms in total. The number of fused-ring (bicyclic) bond motifs is 1. The molecule has 0 bridgehead atoms. The highest BCUT2D eigenvalue weighted by molar-refractivity contribution is 7.15. The highest BCUT2D eigenvalue weighted by Gasteiger charge is 2.46. The number of nitrogens with zero attached hydrogens (tertiary/aromatic N) is 2.